The van der Waals surface area contributed by atoms with E-state index in [4.69, 9.17) is 37.9 Å². The van der Waals surface area contributed by atoms with E-state index >= 15 is 9.59 Å². The monoisotopic (exact) mass is 1340 g/mol. The first-order valence-electron chi connectivity index (χ1n) is 33.9. The van der Waals surface area contributed by atoms with Gasteiger partial charge in [-0.1, -0.05) is 95.8 Å². The molecule has 96 heavy (non-hydrogen) atoms. The first-order valence-corrected chi connectivity index (χ1v) is 33.9. The molecule has 0 spiro atoms. The summed E-state index contributed by atoms with van der Waals surface area (Å²) in [6.07, 6.45) is 0.481. The zero-order chi connectivity index (χ0) is 70.0. The van der Waals surface area contributed by atoms with Crippen LogP contribution in [0.1, 0.15) is 137 Å². The van der Waals surface area contributed by atoms with E-state index in [2.05, 4.69) is 19.8 Å². The Morgan fingerprint density at radius 3 is 1.41 bits per heavy atom. The van der Waals surface area contributed by atoms with Crippen LogP contribution in [0.4, 0.5) is 16.4 Å². The number of pyridine rings is 2. The molecule has 8 atom stereocenters. The van der Waals surface area contributed by atoms with Crippen LogP contribution in [0.5, 0.6) is 0 Å². The third-order valence-electron chi connectivity index (χ3n) is 17.5. The van der Waals surface area contributed by atoms with Crippen LogP contribution in [0.15, 0.2) is 67.0 Å². The Morgan fingerprint density at radius 2 is 0.948 bits per heavy atom. The molecule has 4 heterocycles. The van der Waals surface area contributed by atoms with E-state index in [1.807, 2.05) is 52.0 Å². The Morgan fingerprint density at radius 1 is 0.510 bits per heavy atom. The van der Waals surface area contributed by atoms with E-state index in [1.54, 1.807) is 63.5 Å². The lowest BCUT2D eigenvalue weighted by Crippen LogP contribution is -2.53. The van der Waals surface area contributed by atoms with Gasteiger partial charge >= 0.3 is 35.9 Å². The molecule has 0 unspecified atom stereocenters. The van der Waals surface area contributed by atoms with Gasteiger partial charge in [0.1, 0.15) is 48.0 Å². The van der Waals surface area contributed by atoms with Crippen LogP contribution in [0, 0.1) is 23.7 Å². The minimum absolute atomic E-state index is 0.0208. The van der Waals surface area contributed by atoms with E-state index < -0.39 is 108 Å². The highest BCUT2D eigenvalue weighted by atomic mass is 16.6. The minimum atomic E-state index is -1.53. The molecule has 7 rings (SSSR count). The van der Waals surface area contributed by atoms with Crippen molar-refractivity contribution in [3.63, 3.8) is 0 Å². The molecule has 25 nitrogen and oxygen atoms in total. The second kappa shape index (κ2) is 35.4. The second-order valence-corrected chi connectivity index (χ2v) is 27.7. The predicted octanol–water partition coefficient (Wildman–Crippen LogP) is 7.16. The Bertz CT molecular complexity index is 3070. The SMILES string of the molecule is CC(C)C[C@@H](C(=O)O[C@H](C)C(=O)N(C)[C@@H](CC1CC1)C(=O)O[C@H](CCc1ccc(N2CCOCC2)nc1)C(=O)N(C)[C@@H](CC(C)C)C(=O)O[C@H](C)C(=O)OCc1ccccc1)N(C)C(=O)[C@@H](Cc1ccc(N2CCOCC2)nc1)OC(=O)[C@H](CC1CC1)N(C)C(=O)OC(C)(C)C. The summed E-state index contributed by atoms with van der Waals surface area (Å²) in [6, 6.07) is 11.4. The largest absolute Gasteiger partial charge is 0.458 e. The lowest BCUT2D eigenvalue weighted by Gasteiger charge is -2.34. The Balaban J connectivity index is 1.09. The highest BCUT2D eigenvalue weighted by molar-refractivity contribution is 5.93. The number of hydrogen-bond donors (Lipinski definition) is 0. The normalized spacial score (nSPS) is 17.5. The van der Waals surface area contributed by atoms with Gasteiger partial charge in [-0.05, 0) is 126 Å². The molecule has 2 aromatic heterocycles. The molecule has 2 saturated carbocycles. The van der Waals surface area contributed by atoms with Gasteiger partial charge < -0.3 is 62.4 Å². The van der Waals surface area contributed by atoms with Gasteiger partial charge in [-0.2, -0.15) is 0 Å². The summed E-state index contributed by atoms with van der Waals surface area (Å²) in [5.74, 6) is -5.36. The molecule has 1 aromatic carbocycles. The van der Waals surface area contributed by atoms with Crippen molar-refractivity contribution in [3.8, 4) is 0 Å². The van der Waals surface area contributed by atoms with Crippen LogP contribution in [0.25, 0.3) is 0 Å². The lowest BCUT2D eigenvalue weighted by atomic mass is 10.0. The van der Waals surface area contributed by atoms with Gasteiger partial charge in [0, 0.05) is 73.2 Å². The molecule has 2 aliphatic heterocycles. The summed E-state index contributed by atoms with van der Waals surface area (Å²) in [6.45, 7) is 20.1. The van der Waals surface area contributed by atoms with Crippen LogP contribution >= 0.6 is 0 Å². The van der Waals surface area contributed by atoms with Crippen molar-refractivity contribution >= 4 is 65.3 Å². The van der Waals surface area contributed by atoms with E-state index in [0.717, 1.165) is 52.4 Å². The molecule has 25 heteroatoms. The van der Waals surface area contributed by atoms with Gasteiger partial charge in [-0.25, -0.2) is 38.7 Å². The number of rotatable bonds is 33. The van der Waals surface area contributed by atoms with Gasteiger partial charge in [0.25, 0.3) is 17.7 Å². The molecule has 0 N–H and O–H groups in total. The van der Waals surface area contributed by atoms with E-state index in [9.17, 15) is 33.6 Å². The van der Waals surface area contributed by atoms with Gasteiger partial charge in [-0.3, -0.25) is 19.3 Å². The number of morpholine rings is 2. The average molecular weight is 1340 g/mol. The number of anilines is 2. The van der Waals surface area contributed by atoms with Crippen LogP contribution in [0.3, 0.4) is 0 Å². The molecule has 4 fully saturated rings. The number of aryl methyl sites for hydroxylation is 1. The summed E-state index contributed by atoms with van der Waals surface area (Å²) >= 11 is 0. The van der Waals surface area contributed by atoms with Crippen LogP contribution in [-0.4, -0.2) is 218 Å². The number of ether oxygens (including phenoxy) is 8. The van der Waals surface area contributed by atoms with Crippen molar-refractivity contribution in [2.24, 2.45) is 23.7 Å². The fourth-order valence-electron chi connectivity index (χ4n) is 11.4. The molecule has 3 aromatic rings. The van der Waals surface area contributed by atoms with Gasteiger partial charge in [-0.15, -0.1) is 0 Å². The first kappa shape index (κ1) is 75.5. The number of aromatic nitrogens is 2. The van der Waals surface area contributed by atoms with E-state index in [-0.39, 0.29) is 75.2 Å². The van der Waals surface area contributed by atoms with Crippen molar-refractivity contribution in [2.45, 2.75) is 194 Å². The number of hydrogen-bond acceptors (Lipinski definition) is 21. The summed E-state index contributed by atoms with van der Waals surface area (Å²) < 4.78 is 46.2. The van der Waals surface area contributed by atoms with Crippen molar-refractivity contribution in [2.75, 3.05) is 90.6 Å². The summed E-state index contributed by atoms with van der Waals surface area (Å²) in [5.41, 5.74) is 1.14. The van der Waals surface area contributed by atoms with Crippen molar-refractivity contribution < 1.29 is 81.0 Å². The highest BCUT2D eigenvalue weighted by Gasteiger charge is 2.44. The summed E-state index contributed by atoms with van der Waals surface area (Å²) in [7, 11) is 5.66. The van der Waals surface area contributed by atoms with Gasteiger partial charge in [0.05, 0.1) is 26.4 Å². The maximum absolute atomic E-state index is 15.1. The maximum Gasteiger partial charge on any atom is 0.410 e. The van der Waals surface area contributed by atoms with Crippen molar-refractivity contribution in [3.05, 3.63) is 83.7 Å². The third-order valence-corrected chi connectivity index (χ3v) is 17.5. The number of carbonyl (C=O) groups excluding carboxylic acids is 9. The Hall–Kier alpha value is -7.93. The topological polar surface area (TPSA) is 273 Å². The molecule has 2 saturated heterocycles. The average Bonchev–Trinajstić information content (AvgIpc) is 1.48. The number of amides is 4. The molecule has 528 valence electrons. The molecular formula is C71H102N8O17. The van der Waals surface area contributed by atoms with Crippen LogP contribution in [-0.2, 0) is 95.7 Å². The highest BCUT2D eigenvalue weighted by Crippen LogP contribution is 2.37. The number of esters is 5. The Labute approximate surface area is 565 Å². The van der Waals surface area contributed by atoms with Gasteiger partial charge in [0.15, 0.2) is 24.4 Å². The fraction of sp³-hybridized carbons (Fsp3) is 0.648. The van der Waals surface area contributed by atoms with Crippen molar-refractivity contribution in [1.29, 1.82) is 0 Å². The second-order valence-electron chi connectivity index (χ2n) is 27.7. The third kappa shape index (κ3) is 22.9. The van der Waals surface area contributed by atoms with Crippen LogP contribution < -0.4 is 9.80 Å². The lowest BCUT2D eigenvalue weighted by molar-refractivity contribution is -0.176. The number of carbonyl (C=O) groups is 9. The van der Waals surface area contributed by atoms with Crippen LogP contribution in [0.2, 0.25) is 0 Å². The zero-order valence-corrected chi connectivity index (χ0v) is 58.4. The van der Waals surface area contributed by atoms with E-state index in [1.165, 1.54) is 51.8 Å². The maximum atomic E-state index is 15.1. The number of likely N-dealkylation sites (N-methyl/N-ethyl adjacent to an activating group) is 4. The first-order chi connectivity index (χ1) is 45.6. The molecule has 4 aliphatic rings. The minimum Gasteiger partial charge on any atom is -0.458 e. The van der Waals surface area contributed by atoms with E-state index in [0.29, 0.717) is 64.0 Å². The number of nitrogens with zero attached hydrogens (tertiary/aromatic N) is 8. The summed E-state index contributed by atoms with van der Waals surface area (Å²) in [4.78, 5) is 148. The molecule has 0 bridgehead atoms. The molecule has 0 radical (unpaired) electrons. The molecular weight excluding hydrogens is 1240 g/mol. The predicted molar refractivity (Wildman–Crippen MR) is 355 cm³/mol. The molecule has 4 amide bonds. The van der Waals surface area contributed by atoms with Gasteiger partial charge in [0.2, 0.25) is 0 Å². The molecule has 2 aliphatic carbocycles. The fourth-order valence-corrected chi connectivity index (χ4v) is 11.4. The standard InChI is InChI=1S/C71H102N8O17/c1-45(2)37-54(76(12)64(82)59(41-53-25-28-61(73-43-53)79-31-35-90-36-32-79)95-69(87)57(40-50-21-22-50)77(13)70(88)96-71(7,8)9)66(84)92-47(5)62(80)74(10)56(39-49-19-20-49)68(86)94-58(26-23-51-24-27-60(72-42-51)78-29-33-89-34-30-78)63(81)75(11)55(38-46(3)4)67(85)93-48(6)65(83)91-44-52-17-15-14-16-18-52/h14-18,24-25,27-28,42-43,45-50,54-59H,19-23,26,29-41,44H2,1-13H3/t47-,48-,54+,55+,56+,57+,58-,59-/m1/s1. The quantitative estimate of drug-likeness (QED) is 0.0432. The zero-order valence-electron chi connectivity index (χ0n) is 58.4. The Kier molecular flexibility index (Phi) is 27.8. The smallest absolute Gasteiger partial charge is 0.410 e. The number of benzene rings is 1. The summed E-state index contributed by atoms with van der Waals surface area (Å²) in [5, 5.41) is 0. The van der Waals surface area contributed by atoms with Crippen molar-refractivity contribution in [1.82, 2.24) is 29.6 Å².